The Kier molecular flexibility index (Phi) is 3.99. The van der Waals surface area contributed by atoms with Crippen molar-refractivity contribution in [3.63, 3.8) is 0 Å². The third kappa shape index (κ3) is 2.89. The number of aromatic amines is 1. The molecule has 138 valence electrons. The van der Waals surface area contributed by atoms with Gasteiger partial charge in [0, 0.05) is 46.1 Å². The Hall–Kier alpha value is -4.12. The van der Waals surface area contributed by atoms with Crippen molar-refractivity contribution < 1.29 is 0 Å². The third-order valence-corrected chi connectivity index (χ3v) is 5.02. The number of hydrogen-bond acceptors (Lipinski definition) is 4. The minimum atomic E-state index is 0.646. The summed E-state index contributed by atoms with van der Waals surface area (Å²) in [5.74, 6) is 0.646. The van der Waals surface area contributed by atoms with E-state index in [0.717, 1.165) is 49.9 Å². The van der Waals surface area contributed by atoms with E-state index in [1.165, 1.54) is 0 Å². The molecule has 5 rings (SSSR count). The lowest BCUT2D eigenvalue weighted by Gasteiger charge is -2.05. The number of H-pyrrole nitrogens is 1. The van der Waals surface area contributed by atoms with Crippen LogP contribution in [0.15, 0.2) is 78.7 Å². The van der Waals surface area contributed by atoms with Gasteiger partial charge in [-0.1, -0.05) is 24.8 Å². The SMILES string of the molecule is C=Cc1cc(-c2ncc3c(-c4ccc5ncccc5c4)c[nH]c3n2)ccc1N=C. The summed E-state index contributed by atoms with van der Waals surface area (Å²) in [5, 5.41) is 2.08. The fraction of sp³-hybridized carbons (Fsp3) is 0. The van der Waals surface area contributed by atoms with E-state index < -0.39 is 0 Å². The number of aromatic nitrogens is 4. The molecule has 2 aromatic carbocycles. The topological polar surface area (TPSA) is 66.8 Å². The van der Waals surface area contributed by atoms with Gasteiger partial charge in [-0.3, -0.25) is 9.98 Å². The molecule has 0 spiro atoms. The van der Waals surface area contributed by atoms with Gasteiger partial charge in [-0.15, -0.1) is 0 Å². The lowest BCUT2D eigenvalue weighted by Crippen LogP contribution is -1.90. The molecule has 0 atom stereocenters. The maximum absolute atomic E-state index is 4.73. The van der Waals surface area contributed by atoms with Crippen LogP contribution in [0.2, 0.25) is 0 Å². The van der Waals surface area contributed by atoms with Gasteiger partial charge in [0.05, 0.1) is 11.2 Å². The Morgan fingerprint density at radius 1 is 1.00 bits per heavy atom. The summed E-state index contributed by atoms with van der Waals surface area (Å²) in [5.41, 5.74) is 6.53. The lowest BCUT2D eigenvalue weighted by atomic mass is 10.0. The number of fused-ring (bicyclic) bond motifs is 2. The molecule has 0 bridgehead atoms. The van der Waals surface area contributed by atoms with Crippen molar-refractivity contribution in [1.29, 1.82) is 0 Å². The Bertz CT molecular complexity index is 1400. The highest BCUT2D eigenvalue weighted by molar-refractivity contribution is 5.96. The molecule has 29 heavy (non-hydrogen) atoms. The van der Waals surface area contributed by atoms with Gasteiger partial charge in [-0.25, -0.2) is 9.97 Å². The van der Waals surface area contributed by atoms with Gasteiger partial charge in [0.1, 0.15) is 5.65 Å². The fourth-order valence-corrected chi connectivity index (χ4v) is 3.53. The van der Waals surface area contributed by atoms with E-state index in [2.05, 4.69) is 51.4 Å². The van der Waals surface area contributed by atoms with Crippen LogP contribution in [0.3, 0.4) is 0 Å². The minimum Gasteiger partial charge on any atom is -0.345 e. The van der Waals surface area contributed by atoms with Crippen LogP contribution in [-0.2, 0) is 0 Å². The van der Waals surface area contributed by atoms with E-state index in [1.54, 1.807) is 12.3 Å². The van der Waals surface area contributed by atoms with Crippen molar-refractivity contribution >= 4 is 40.4 Å². The van der Waals surface area contributed by atoms with Gasteiger partial charge in [-0.05, 0) is 48.7 Å². The highest BCUT2D eigenvalue weighted by Crippen LogP contribution is 2.31. The van der Waals surface area contributed by atoms with Crippen molar-refractivity contribution in [3.05, 3.63) is 79.3 Å². The van der Waals surface area contributed by atoms with E-state index in [1.807, 2.05) is 42.7 Å². The van der Waals surface area contributed by atoms with Gasteiger partial charge in [-0.2, -0.15) is 0 Å². The van der Waals surface area contributed by atoms with E-state index >= 15 is 0 Å². The summed E-state index contributed by atoms with van der Waals surface area (Å²) in [6.07, 6.45) is 7.40. The normalized spacial score (nSPS) is 11.0. The minimum absolute atomic E-state index is 0.646. The summed E-state index contributed by atoms with van der Waals surface area (Å²) in [7, 11) is 0. The highest BCUT2D eigenvalue weighted by Gasteiger charge is 2.11. The Balaban J connectivity index is 1.59. The maximum atomic E-state index is 4.73. The molecule has 0 saturated carbocycles. The van der Waals surface area contributed by atoms with Crippen molar-refractivity contribution in [3.8, 4) is 22.5 Å². The Morgan fingerprint density at radius 2 is 1.90 bits per heavy atom. The predicted octanol–water partition coefficient (Wildman–Crippen LogP) is 5.82. The molecule has 0 radical (unpaired) electrons. The molecule has 5 nitrogen and oxygen atoms in total. The fourth-order valence-electron chi connectivity index (χ4n) is 3.53. The second-order valence-corrected chi connectivity index (χ2v) is 6.70. The van der Waals surface area contributed by atoms with Crippen LogP contribution in [-0.4, -0.2) is 26.7 Å². The molecule has 0 aliphatic rings. The Morgan fingerprint density at radius 3 is 2.76 bits per heavy atom. The number of benzene rings is 2. The first-order valence-corrected chi connectivity index (χ1v) is 9.20. The van der Waals surface area contributed by atoms with Gasteiger partial charge < -0.3 is 4.98 Å². The van der Waals surface area contributed by atoms with Crippen molar-refractivity contribution in [2.24, 2.45) is 4.99 Å². The molecule has 0 saturated heterocycles. The number of nitrogens with zero attached hydrogens (tertiary/aromatic N) is 4. The first kappa shape index (κ1) is 17.0. The molecule has 3 heterocycles. The molecule has 0 aliphatic carbocycles. The smallest absolute Gasteiger partial charge is 0.161 e. The molecular formula is C24H17N5. The summed E-state index contributed by atoms with van der Waals surface area (Å²) < 4.78 is 0. The number of nitrogens with one attached hydrogen (secondary N) is 1. The van der Waals surface area contributed by atoms with E-state index in [0.29, 0.717) is 5.82 Å². The zero-order chi connectivity index (χ0) is 19.8. The van der Waals surface area contributed by atoms with Crippen LogP contribution in [0.4, 0.5) is 5.69 Å². The molecule has 5 aromatic rings. The highest BCUT2D eigenvalue weighted by atomic mass is 14.9. The quantitative estimate of drug-likeness (QED) is 0.403. The number of aliphatic imine (C=N–C) groups is 1. The van der Waals surface area contributed by atoms with Gasteiger partial charge in [0.15, 0.2) is 5.82 Å². The summed E-state index contributed by atoms with van der Waals surface area (Å²) in [6, 6.07) is 16.1. The molecule has 0 amide bonds. The predicted molar refractivity (Wildman–Crippen MR) is 119 cm³/mol. The summed E-state index contributed by atoms with van der Waals surface area (Å²) in [6.45, 7) is 7.44. The average molecular weight is 375 g/mol. The maximum Gasteiger partial charge on any atom is 0.161 e. The second-order valence-electron chi connectivity index (χ2n) is 6.70. The second kappa shape index (κ2) is 6.80. The zero-order valence-electron chi connectivity index (χ0n) is 15.6. The zero-order valence-corrected chi connectivity index (χ0v) is 15.6. The Labute approximate surface area is 167 Å². The van der Waals surface area contributed by atoms with Crippen LogP contribution in [0.1, 0.15) is 5.56 Å². The van der Waals surface area contributed by atoms with Crippen LogP contribution in [0.5, 0.6) is 0 Å². The molecule has 0 unspecified atom stereocenters. The van der Waals surface area contributed by atoms with Crippen molar-refractivity contribution in [2.45, 2.75) is 0 Å². The van der Waals surface area contributed by atoms with E-state index in [9.17, 15) is 0 Å². The van der Waals surface area contributed by atoms with E-state index in [-0.39, 0.29) is 0 Å². The molecule has 5 heteroatoms. The first-order chi connectivity index (χ1) is 14.3. The third-order valence-electron chi connectivity index (χ3n) is 5.02. The molecule has 1 N–H and O–H groups in total. The summed E-state index contributed by atoms with van der Waals surface area (Å²) in [4.78, 5) is 21.0. The van der Waals surface area contributed by atoms with Crippen molar-refractivity contribution in [2.75, 3.05) is 0 Å². The monoisotopic (exact) mass is 375 g/mol. The van der Waals surface area contributed by atoms with Crippen LogP contribution >= 0.6 is 0 Å². The van der Waals surface area contributed by atoms with Crippen LogP contribution in [0, 0.1) is 0 Å². The standard InChI is InChI=1S/C24H17N5/c1-3-15-11-18(7-8-21(15)25-2)23-27-14-20-19(13-28-24(20)29-23)16-6-9-22-17(12-16)5-4-10-26-22/h3-14H,1-2H2,(H,27,28,29). The first-order valence-electron chi connectivity index (χ1n) is 9.20. The number of rotatable bonds is 4. The van der Waals surface area contributed by atoms with Gasteiger partial charge >= 0.3 is 0 Å². The average Bonchev–Trinajstić information content (AvgIpc) is 3.21. The summed E-state index contributed by atoms with van der Waals surface area (Å²) >= 11 is 0. The number of pyridine rings is 1. The molecule has 0 aliphatic heterocycles. The lowest BCUT2D eigenvalue weighted by molar-refractivity contribution is 1.21. The largest absolute Gasteiger partial charge is 0.345 e. The molecule has 0 fully saturated rings. The van der Waals surface area contributed by atoms with Gasteiger partial charge in [0.2, 0.25) is 0 Å². The van der Waals surface area contributed by atoms with E-state index in [4.69, 9.17) is 4.98 Å². The molecule has 3 aromatic heterocycles. The molecular weight excluding hydrogens is 358 g/mol. The van der Waals surface area contributed by atoms with Crippen LogP contribution in [0.25, 0.3) is 50.5 Å². The van der Waals surface area contributed by atoms with Gasteiger partial charge in [0.25, 0.3) is 0 Å². The number of hydrogen-bond donors (Lipinski definition) is 1. The van der Waals surface area contributed by atoms with Crippen molar-refractivity contribution in [1.82, 2.24) is 19.9 Å². The van der Waals surface area contributed by atoms with Crippen LogP contribution < -0.4 is 0 Å².